The van der Waals surface area contributed by atoms with Crippen molar-refractivity contribution in [2.24, 2.45) is 5.84 Å². The van der Waals surface area contributed by atoms with Crippen LogP contribution in [0.2, 0.25) is 0 Å². The zero-order valence-corrected chi connectivity index (χ0v) is 10.3. The van der Waals surface area contributed by atoms with Crippen LogP contribution in [0, 0.1) is 0 Å². The van der Waals surface area contributed by atoms with Crippen LogP contribution in [-0.2, 0) is 11.2 Å². The smallest absolute Gasteiger partial charge is 0.0590 e. The third-order valence-electron chi connectivity index (χ3n) is 3.08. The van der Waals surface area contributed by atoms with Gasteiger partial charge in [0.2, 0.25) is 0 Å². The van der Waals surface area contributed by atoms with Crippen LogP contribution >= 0.6 is 11.3 Å². The molecule has 3 N–H and O–H groups in total. The Balaban J connectivity index is 1.80. The lowest BCUT2D eigenvalue weighted by molar-refractivity contribution is 0.00528. The van der Waals surface area contributed by atoms with Gasteiger partial charge in [0.15, 0.2) is 0 Å². The summed E-state index contributed by atoms with van der Waals surface area (Å²) < 4.78 is 5.74. The minimum absolute atomic E-state index is 0.335. The molecule has 3 nitrogen and oxygen atoms in total. The molecule has 2 rings (SSSR count). The fourth-order valence-electron chi connectivity index (χ4n) is 2.19. The fourth-order valence-corrected chi connectivity index (χ4v) is 2.98. The lowest BCUT2D eigenvalue weighted by Crippen LogP contribution is -2.40. The van der Waals surface area contributed by atoms with Gasteiger partial charge in [0.1, 0.15) is 0 Å². The van der Waals surface area contributed by atoms with Crippen molar-refractivity contribution < 1.29 is 4.74 Å². The van der Waals surface area contributed by atoms with Crippen molar-refractivity contribution in [2.45, 2.75) is 44.2 Å². The first kappa shape index (κ1) is 12.0. The van der Waals surface area contributed by atoms with Crippen LogP contribution in [0.15, 0.2) is 17.5 Å². The molecule has 0 amide bonds. The predicted molar refractivity (Wildman–Crippen MR) is 67.3 cm³/mol. The molecule has 0 aliphatic carbocycles. The summed E-state index contributed by atoms with van der Waals surface area (Å²) in [5, 5.41) is 2.11. The Morgan fingerprint density at radius 1 is 1.56 bits per heavy atom. The molecule has 1 aliphatic heterocycles. The van der Waals surface area contributed by atoms with Gasteiger partial charge in [-0.2, -0.15) is 0 Å². The number of hydrogen-bond donors (Lipinski definition) is 2. The molecule has 2 heterocycles. The third kappa shape index (κ3) is 3.56. The highest BCUT2D eigenvalue weighted by molar-refractivity contribution is 7.09. The molecule has 0 aromatic carbocycles. The lowest BCUT2D eigenvalue weighted by Gasteiger charge is -2.26. The van der Waals surface area contributed by atoms with Gasteiger partial charge in [-0.1, -0.05) is 6.07 Å². The van der Waals surface area contributed by atoms with Crippen LogP contribution in [0.3, 0.4) is 0 Å². The lowest BCUT2D eigenvalue weighted by atomic mass is 10.00. The van der Waals surface area contributed by atoms with Gasteiger partial charge in [-0.25, -0.2) is 0 Å². The van der Waals surface area contributed by atoms with Crippen molar-refractivity contribution in [3.63, 3.8) is 0 Å². The molecule has 0 radical (unpaired) electrons. The van der Waals surface area contributed by atoms with E-state index < -0.39 is 0 Å². The van der Waals surface area contributed by atoms with E-state index in [1.165, 1.54) is 24.1 Å². The molecular weight excluding hydrogens is 220 g/mol. The van der Waals surface area contributed by atoms with E-state index in [1.807, 2.05) is 0 Å². The summed E-state index contributed by atoms with van der Waals surface area (Å²) in [7, 11) is 0. The molecule has 1 aromatic heterocycles. The maximum Gasteiger partial charge on any atom is 0.0590 e. The molecule has 1 aliphatic rings. The molecule has 1 fully saturated rings. The van der Waals surface area contributed by atoms with Crippen LogP contribution in [-0.4, -0.2) is 18.8 Å². The molecule has 2 unspecified atom stereocenters. The van der Waals surface area contributed by atoms with Crippen LogP contribution < -0.4 is 11.3 Å². The summed E-state index contributed by atoms with van der Waals surface area (Å²) in [5.74, 6) is 5.61. The number of nitrogens with two attached hydrogens (primary N) is 1. The van der Waals surface area contributed by atoms with Crippen LogP contribution in [0.5, 0.6) is 0 Å². The van der Waals surface area contributed by atoms with Crippen molar-refractivity contribution in [3.8, 4) is 0 Å². The normalized spacial score (nSPS) is 23.2. The Hall–Kier alpha value is -0.420. The molecule has 0 spiro atoms. The van der Waals surface area contributed by atoms with Gasteiger partial charge in [-0.3, -0.25) is 11.3 Å². The SMILES string of the molecule is NNC(Cc1cccs1)CC1CCCCO1. The van der Waals surface area contributed by atoms with Gasteiger partial charge in [0, 0.05) is 17.5 Å². The maximum absolute atomic E-state index is 5.74. The van der Waals surface area contributed by atoms with Gasteiger partial charge >= 0.3 is 0 Å². The van der Waals surface area contributed by atoms with Crippen molar-refractivity contribution in [2.75, 3.05) is 6.61 Å². The van der Waals surface area contributed by atoms with Gasteiger partial charge in [-0.15, -0.1) is 11.3 Å². The van der Waals surface area contributed by atoms with Crippen molar-refractivity contribution >= 4 is 11.3 Å². The first-order valence-corrected chi connectivity index (χ1v) is 6.86. The Bertz CT molecular complexity index is 283. The van der Waals surface area contributed by atoms with E-state index >= 15 is 0 Å². The van der Waals surface area contributed by atoms with E-state index in [0.717, 1.165) is 19.4 Å². The van der Waals surface area contributed by atoms with Crippen LogP contribution in [0.4, 0.5) is 0 Å². The molecule has 90 valence electrons. The van der Waals surface area contributed by atoms with Crippen LogP contribution in [0.25, 0.3) is 0 Å². The second kappa shape index (κ2) is 6.35. The van der Waals surface area contributed by atoms with Gasteiger partial charge < -0.3 is 4.74 Å². The third-order valence-corrected chi connectivity index (χ3v) is 3.98. The standard InChI is InChI=1S/C12H20N2OS/c13-14-10(9-12-5-3-7-16-12)8-11-4-1-2-6-15-11/h3,5,7,10-11,14H,1-2,4,6,8-9,13H2. The minimum atomic E-state index is 0.335. The Kier molecular flexibility index (Phi) is 4.78. The van der Waals surface area contributed by atoms with Crippen molar-refractivity contribution in [1.29, 1.82) is 0 Å². The Morgan fingerprint density at radius 2 is 2.50 bits per heavy atom. The largest absolute Gasteiger partial charge is 0.378 e. The van der Waals surface area contributed by atoms with E-state index in [0.29, 0.717) is 12.1 Å². The minimum Gasteiger partial charge on any atom is -0.378 e. The number of thiophene rings is 1. The zero-order chi connectivity index (χ0) is 11.2. The summed E-state index contributed by atoms with van der Waals surface area (Å²) in [6.45, 7) is 0.918. The molecule has 0 saturated carbocycles. The molecule has 16 heavy (non-hydrogen) atoms. The molecule has 1 aromatic rings. The van der Waals surface area contributed by atoms with E-state index in [1.54, 1.807) is 11.3 Å². The average molecular weight is 240 g/mol. The number of hydrazine groups is 1. The van der Waals surface area contributed by atoms with E-state index in [9.17, 15) is 0 Å². The van der Waals surface area contributed by atoms with E-state index in [2.05, 4.69) is 22.9 Å². The monoisotopic (exact) mass is 240 g/mol. The molecule has 2 atom stereocenters. The van der Waals surface area contributed by atoms with Gasteiger partial charge in [0.05, 0.1) is 6.10 Å². The Morgan fingerprint density at radius 3 is 3.12 bits per heavy atom. The first-order chi connectivity index (χ1) is 7.88. The molecule has 0 bridgehead atoms. The highest BCUT2D eigenvalue weighted by Gasteiger charge is 2.19. The highest BCUT2D eigenvalue weighted by Crippen LogP contribution is 2.19. The summed E-state index contributed by atoms with van der Waals surface area (Å²) >= 11 is 1.79. The van der Waals surface area contributed by atoms with Crippen molar-refractivity contribution in [3.05, 3.63) is 22.4 Å². The quantitative estimate of drug-likeness (QED) is 0.612. The molecule has 4 heteroatoms. The second-order valence-corrected chi connectivity index (χ2v) is 5.40. The second-order valence-electron chi connectivity index (χ2n) is 4.37. The van der Waals surface area contributed by atoms with Gasteiger partial charge in [0.25, 0.3) is 0 Å². The fraction of sp³-hybridized carbons (Fsp3) is 0.667. The first-order valence-electron chi connectivity index (χ1n) is 5.98. The summed E-state index contributed by atoms with van der Waals surface area (Å²) in [6, 6.07) is 4.59. The number of rotatable bonds is 5. The van der Waals surface area contributed by atoms with E-state index in [-0.39, 0.29) is 0 Å². The molecule has 1 saturated heterocycles. The van der Waals surface area contributed by atoms with Gasteiger partial charge in [-0.05, 0) is 43.6 Å². The van der Waals surface area contributed by atoms with Crippen molar-refractivity contribution in [1.82, 2.24) is 5.43 Å². The zero-order valence-electron chi connectivity index (χ0n) is 9.52. The predicted octanol–water partition coefficient (Wildman–Crippen LogP) is 2.08. The maximum atomic E-state index is 5.74. The summed E-state index contributed by atoms with van der Waals surface area (Å²) in [4.78, 5) is 1.39. The topological polar surface area (TPSA) is 47.3 Å². The summed E-state index contributed by atoms with van der Waals surface area (Å²) in [5.41, 5.74) is 2.91. The number of hydrogen-bond acceptors (Lipinski definition) is 4. The Labute approximate surface area is 101 Å². The summed E-state index contributed by atoms with van der Waals surface area (Å²) in [6.07, 6.45) is 6.11. The van der Waals surface area contributed by atoms with E-state index in [4.69, 9.17) is 10.6 Å². The highest BCUT2D eigenvalue weighted by atomic mass is 32.1. The molecular formula is C12H20N2OS. The van der Waals surface area contributed by atoms with Crippen LogP contribution in [0.1, 0.15) is 30.6 Å². The average Bonchev–Trinajstić information content (AvgIpc) is 2.82. The number of ether oxygens (including phenoxy) is 1. The number of nitrogens with one attached hydrogen (secondary N) is 1.